The highest BCUT2D eigenvalue weighted by atomic mass is 35.5. The molecule has 29 heavy (non-hydrogen) atoms. The Hall–Kier alpha value is -2.83. The third-order valence-electron chi connectivity index (χ3n) is 5.05. The van der Waals surface area contributed by atoms with Crippen molar-refractivity contribution in [3.63, 3.8) is 0 Å². The fraction of sp³-hybridized carbons (Fsp3) is 0.474. The van der Waals surface area contributed by atoms with Crippen LogP contribution in [0.3, 0.4) is 0 Å². The largest absolute Gasteiger partial charge is 0.490 e. The number of nitrogens with one attached hydrogen (secondary N) is 2. The summed E-state index contributed by atoms with van der Waals surface area (Å²) in [4.78, 5) is 36.2. The van der Waals surface area contributed by atoms with Crippen LogP contribution in [0.15, 0.2) is 18.2 Å². The highest BCUT2D eigenvalue weighted by Crippen LogP contribution is 2.29. The molecule has 0 radical (unpaired) electrons. The molecule has 0 aliphatic carbocycles. The van der Waals surface area contributed by atoms with Crippen LogP contribution < -0.4 is 15.4 Å². The predicted molar refractivity (Wildman–Crippen MR) is 104 cm³/mol. The highest BCUT2D eigenvalue weighted by molar-refractivity contribution is 6.36. The van der Waals surface area contributed by atoms with Crippen LogP contribution in [0.1, 0.15) is 25.7 Å². The zero-order valence-corrected chi connectivity index (χ0v) is 16.3. The molecule has 0 bridgehead atoms. The van der Waals surface area contributed by atoms with E-state index in [0.29, 0.717) is 23.7 Å². The molecule has 3 atom stereocenters. The second-order valence-corrected chi connectivity index (χ2v) is 7.43. The first-order chi connectivity index (χ1) is 13.9. The summed E-state index contributed by atoms with van der Waals surface area (Å²) >= 11 is 6.11. The fourth-order valence-corrected chi connectivity index (χ4v) is 3.75. The molecule has 1 aromatic rings. The molecule has 9 nitrogen and oxygen atoms in total. The van der Waals surface area contributed by atoms with Crippen LogP contribution in [-0.2, 0) is 14.4 Å². The minimum Gasteiger partial charge on any atom is -0.490 e. The molecule has 2 saturated heterocycles. The van der Waals surface area contributed by atoms with Gasteiger partial charge in [-0.1, -0.05) is 11.6 Å². The number of carbonyl (C=O) groups is 3. The van der Waals surface area contributed by atoms with Crippen LogP contribution in [0.4, 0.5) is 5.69 Å². The molecule has 154 valence electrons. The summed E-state index contributed by atoms with van der Waals surface area (Å²) in [6.07, 6.45) is 2.95. The highest BCUT2D eigenvalue weighted by Gasteiger charge is 2.37. The van der Waals surface area contributed by atoms with Gasteiger partial charge in [-0.05, 0) is 37.8 Å². The first-order valence-corrected chi connectivity index (χ1v) is 9.69. The van der Waals surface area contributed by atoms with E-state index in [-0.39, 0.29) is 36.3 Å². The summed E-state index contributed by atoms with van der Waals surface area (Å²) in [6, 6.07) is 5.84. The monoisotopic (exact) mass is 420 g/mol. The number of aliphatic carboxylic acids is 1. The minimum atomic E-state index is -1.59. The number of ether oxygens (including phenoxy) is 1. The van der Waals surface area contributed by atoms with Crippen molar-refractivity contribution in [3.8, 4) is 11.8 Å². The Morgan fingerprint density at radius 3 is 2.86 bits per heavy atom. The first kappa shape index (κ1) is 20.9. The smallest absolute Gasteiger partial charge is 0.394 e. The molecule has 2 heterocycles. The average Bonchev–Trinajstić information content (AvgIpc) is 3.37. The Bertz CT molecular complexity index is 855. The number of likely N-dealkylation sites (tertiary alicyclic amines) is 1. The Morgan fingerprint density at radius 1 is 1.34 bits per heavy atom. The second kappa shape index (κ2) is 9.11. The number of nitriles is 1. The molecule has 0 aromatic heterocycles. The fourth-order valence-electron chi connectivity index (χ4n) is 3.58. The van der Waals surface area contributed by atoms with E-state index >= 15 is 0 Å². The number of hydrogen-bond donors (Lipinski definition) is 3. The minimum absolute atomic E-state index is 0.0482. The normalized spacial score (nSPS) is 23.4. The van der Waals surface area contributed by atoms with Crippen molar-refractivity contribution in [2.45, 2.75) is 43.8 Å². The lowest BCUT2D eigenvalue weighted by molar-refractivity contribution is -0.147. The van der Waals surface area contributed by atoms with Crippen molar-refractivity contribution in [2.24, 2.45) is 0 Å². The lowest BCUT2D eigenvalue weighted by atomic mass is 10.1. The molecule has 3 N–H and O–H groups in total. The van der Waals surface area contributed by atoms with Gasteiger partial charge in [0.25, 0.3) is 0 Å². The SMILES string of the molecule is N#C[C@@H]1CCCN1C(=O)[C@@H]1CC[C@H](COc2cc(NC(=O)C(=O)O)ccc2Cl)N1. The molecule has 10 heteroatoms. The van der Waals surface area contributed by atoms with E-state index in [0.717, 1.165) is 19.3 Å². The van der Waals surface area contributed by atoms with Gasteiger partial charge in [0.1, 0.15) is 18.4 Å². The molecular weight excluding hydrogens is 400 g/mol. The zero-order chi connectivity index (χ0) is 21.0. The molecule has 1 aromatic carbocycles. The summed E-state index contributed by atoms with van der Waals surface area (Å²) in [7, 11) is 0. The standard InChI is InChI=1S/C19H21ClN4O5/c20-14-5-3-11(23-17(25)19(27)28)8-16(14)29-10-12-4-6-15(22-12)18(26)24-7-1-2-13(24)9-21/h3,5,8,12-13,15,22H,1-2,4,6-7,10H2,(H,23,25)(H,27,28)/t12-,13+,15+/m1/s1. The van der Waals surface area contributed by atoms with Crippen LogP contribution in [0.2, 0.25) is 5.02 Å². The maximum absolute atomic E-state index is 12.7. The summed E-state index contributed by atoms with van der Waals surface area (Å²) in [6.45, 7) is 0.863. The first-order valence-electron chi connectivity index (χ1n) is 9.32. The van der Waals surface area contributed by atoms with Gasteiger partial charge in [-0.25, -0.2) is 4.79 Å². The van der Waals surface area contributed by atoms with Crippen molar-refractivity contribution in [1.29, 1.82) is 5.26 Å². The Labute approximate surface area is 172 Å². The van der Waals surface area contributed by atoms with Crippen LogP contribution in [-0.4, -0.2) is 59.1 Å². The molecule has 2 amide bonds. The van der Waals surface area contributed by atoms with E-state index in [1.54, 1.807) is 4.90 Å². The van der Waals surface area contributed by atoms with Gasteiger partial charge in [-0.3, -0.25) is 14.9 Å². The Kier molecular flexibility index (Phi) is 6.56. The van der Waals surface area contributed by atoms with E-state index in [2.05, 4.69) is 16.7 Å². The number of hydrogen-bond acceptors (Lipinski definition) is 6. The predicted octanol–water partition coefficient (Wildman–Crippen LogP) is 1.38. The molecule has 0 spiro atoms. The number of anilines is 1. The van der Waals surface area contributed by atoms with Crippen molar-refractivity contribution in [3.05, 3.63) is 23.2 Å². The summed E-state index contributed by atoms with van der Waals surface area (Å²) in [5.74, 6) is -2.50. The lowest BCUT2D eigenvalue weighted by Crippen LogP contribution is -2.47. The van der Waals surface area contributed by atoms with Gasteiger partial charge in [0.2, 0.25) is 5.91 Å². The number of nitrogens with zero attached hydrogens (tertiary/aromatic N) is 2. The van der Waals surface area contributed by atoms with E-state index < -0.39 is 11.9 Å². The number of carboxylic acid groups (broad SMARTS) is 1. The van der Waals surface area contributed by atoms with Gasteiger partial charge in [-0.2, -0.15) is 5.26 Å². The quantitative estimate of drug-likeness (QED) is 0.613. The van der Waals surface area contributed by atoms with Crippen molar-refractivity contribution < 1.29 is 24.2 Å². The summed E-state index contributed by atoms with van der Waals surface area (Å²) < 4.78 is 5.73. The number of benzene rings is 1. The van der Waals surface area contributed by atoms with E-state index in [1.165, 1.54) is 18.2 Å². The van der Waals surface area contributed by atoms with Gasteiger partial charge in [0.15, 0.2) is 0 Å². The molecule has 3 rings (SSSR count). The molecule has 2 fully saturated rings. The average molecular weight is 421 g/mol. The van der Waals surface area contributed by atoms with Crippen molar-refractivity contribution in [1.82, 2.24) is 10.2 Å². The van der Waals surface area contributed by atoms with Gasteiger partial charge < -0.3 is 20.1 Å². The number of carbonyl (C=O) groups excluding carboxylic acids is 2. The van der Waals surface area contributed by atoms with Gasteiger partial charge >= 0.3 is 11.9 Å². The van der Waals surface area contributed by atoms with Gasteiger partial charge in [0.05, 0.1) is 17.1 Å². The molecule has 0 unspecified atom stereocenters. The van der Waals surface area contributed by atoms with Gasteiger partial charge in [-0.15, -0.1) is 0 Å². The third-order valence-corrected chi connectivity index (χ3v) is 5.36. The van der Waals surface area contributed by atoms with Crippen molar-refractivity contribution in [2.75, 3.05) is 18.5 Å². The summed E-state index contributed by atoms with van der Waals surface area (Å²) in [5, 5.41) is 23.6. The maximum atomic E-state index is 12.7. The molecule has 0 saturated carbocycles. The zero-order valence-electron chi connectivity index (χ0n) is 15.6. The van der Waals surface area contributed by atoms with Crippen LogP contribution in [0.25, 0.3) is 0 Å². The van der Waals surface area contributed by atoms with Crippen molar-refractivity contribution >= 4 is 35.1 Å². The number of halogens is 1. The lowest BCUT2D eigenvalue weighted by Gasteiger charge is -2.24. The van der Waals surface area contributed by atoms with Crippen LogP contribution >= 0.6 is 11.6 Å². The number of carboxylic acids is 1. The topological polar surface area (TPSA) is 132 Å². The van der Waals surface area contributed by atoms with E-state index in [1.807, 2.05) is 0 Å². The number of rotatable bonds is 5. The maximum Gasteiger partial charge on any atom is 0.394 e. The second-order valence-electron chi connectivity index (χ2n) is 7.03. The molecular formula is C19H21ClN4O5. The van der Waals surface area contributed by atoms with Crippen LogP contribution in [0.5, 0.6) is 5.75 Å². The Balaban J connectivity index is 1.54. The van der Waals surface area contributed by atoms with E-state index in [4.69, 9.17) is 26.7 Å². The van der Waals surface area contributed by atoms with Crippen LogP contribution in [0, 0.1) is 11.3 Å². The summed E-state index contributed by atoms with van der Waals surface area (Å²) in [5.41, 5.74) is 0.251. The van der Waals surface area contributed by atoms with E-state index in [9.17, 15) is 14.4 Å². The third kappa shape index (κ3) is 4.96. The molecule has 2 aliphatic heterocycles. The van der Waals surface area contributed by atoms with Gasteiger partial charge in [0, 0.05) is 24.3 Å². The Morgan fingerprint density at radius 2 is 2.14 bits per heavy atom. The molecule has 2 aliphatic rings. The number of amides is 2.